The SMILES string of the molecule is CC(c1ccc(-c2cncc(O)c2)cc1F)N1CCN(c2ccc(C(=O)NCC34CC5CC(CC(C5)C3)C4)cc2)CC1. The molecule has 2 aromatic carbocycles. The Kier molecular flexibility index (Phi) is 7.17. The number of carbonyl (C=O) groups excluding carboxylic acids is 1. The highest BCUT2D eigenvalue weighted by molar-refractivity contribution is 5.94. The zero-order valence-corrected chi connectivity index (χ0v) is 24.4. The number of amides is 1. The van der Waals surface area contributed by atoms with Gasteiger partial charge in [-0.3, -0.25) is 14.7 Å². The highest BCUT2D eigenvalue weighted by Gasteiger charge is 2.50. The third kappa shape index (κ3) is 5.39. The average molecular weight is 569 g/mol. The van der Waals surface area contributed by atoms with Crippen LogP contribution in [0, 0.1) is 29.0 Å². The first-order chi connectivity index (χ1) is 20.3. The number of nitrogens with one attached hydrogen (secondary N) is 1. The molecule has 0 spiro atoms. The highest BCUT2D eigenvalue weighted by Crippen LogP contribution is 2.59. The summed E-state index contributed by atoms with van der Waals surface area (Å²) in [6.07, 6.45) is 11.2. The molecule has 5 aliphatic rings. The van der Waals surface area contributed by atoms with Crippen molar-refractivity contribution in [2.24, 2.45) is 23.2 Å². The van der Waals surface area contributed by atoms with Crippen LogP contribution >= 0.6 is 0 Å². The van der Waals surface area contributed by atoms with E-state index >= 15 is 4.39 Å². The number of anilines is 1. The fraction of sp³-hybridized carbons (Fsp3) is 0.486. The predicted molar refractivity (Wildman–Crippen MR) is 163 cm³/mol. The molecule has 7 heteroatoms. The second-order valence-corrected chi connectivity index (χ2v) is 13.5. The zero-order chi connectivity index (χ0) is 28.8. The molecule has 5 fully saturated rings. The van der Waals surface area contributed by atoms with E-state index in [1.807, 2.05) is 24.3 Å². The van der Waals surface area contributed by atoms with E-state index in [1.165, 1.54) is 50.8 Å². The van der Waals surface area contributed by atoms with Crippen LogP contribution in [0.1, 0.15) is 67.4 Å². The Morgan fingerprint density at radius 1 is 0.952 bits per heavy atom. The number of pyridine rings is 1. The van der Waals surface area contributed by atoms with Gasteiger partial charge in [0.2, 0.25) is 0 Å². The topological polar surface area (TPSA) is 68.7 Å². The molecular weight excluding hydrogens is 527 g/mol. The molecule has 4 bridgehead atoms. The summed E-state index contributed by atoms with van der Waals surface area (Å²) in [4.78, 5) is 21.7. The number of halogens is 1. The van der Waals surface area contributed by atoms with Crippen LogP contribution in [0.4, 0.5) is 10.1 Å². The van der Waals surface area contributed by atoms with Crippen LogP contribution in [0.25, 0.3) is 11.1 Å². The smallest absolute Gasteiger partial charge is 0.251 e. The van der Waals surface area contributed by atoms with Crippen LogP contribution in [0.2, 0.25) is 0 Å². The number of aromatic hydroxyl groups is 1. The maximum absolute atomic E-state index is 15.2. The number of rotatable bonds is 7. The van der Waals surface area contributed by atoms with E-state index in [4.69, 9.17) is 0 Å². The average Bonchev–Trinajstić information content (AvgIpc) is 2.99. The summed E-state index contributed by atoms with van der Waals surface area (Å²) in [5.74, 6) is 2.54. The molecule has 1 aliphatic heterocycles. The quantitative estimate of drug-likeness (QED) is 0.344. The van der Waals surface area contributed by atoms with Gasteiger partial charge in [0, 0.05) is 67.3 Å². The summed E-state index contributed by atoms with van der Waals surface area (Å²) >= 11 is 0. The molecule has 1 unspecified atom stereocenters. The van der Waals surface area contributed by atoms with E-state index in [1.54, 1.807) is 12.3 Å². The lowest BCUT2D eigenvalue weighted by molar-refractivity contribution is -0.0503. The summed E-state index contributed by atoms with van der Waals surface area (Å²) in [6.45, 7) is 6.22. The molecular formula is C35H41FN4O2. The van der Waals surface area contributed by atoms with Gasteiger partial charge in [-0.25, -0.2) is 4.39 Å². The molecule has 2 heterocycles. The molecule has 6 nitrogen and oxygen atoms in total. The summed E-state index contributed by atoms with van der Waals surface area (Å²) < 4.78 is 15.2. The molecule has 220 valence electrons. The zero-order valence-electron chi connectivity index (χ0n) is 24.4. The molecule has 8 rings (SSSR count). The van der Waals surface area contributed by atoms with Crippen molar-refractivity contribution < 1.29 is 14.3 Å². The molecule has 1 aromatic heterocycles. The van der Waals surface area contributed by atoms with Crippen LogP contribution in [0.15, 0.2) is 60.9 Å². The molecule has 1 atom stereocenters. The first-order valence-corrected chi connectivity index (χ1v) is 15.7. The largest absolute Gasteiger partial charge is 0.506 e. The van der Waals surface area contributed by atoms with Gasteiger partial charge in [-0.2, -0.15) is 0 Å². The van der Waals surface area contributed by atoms with Crippen LogP contribution in [-0.4, -0.2) is 53.6 Å². The minimum atomic E-state index is -0.247. The monoisotopic (exact) mass is 568 g/mol. The third-order valence-corrected chi connectivity index (χ3v) is 10.7. The third-order valence-electron chi connectivity index (χ3n) is 10.7. The number of hydrogen-bond donors (Lipinski definition) is 2. The fourth-order valence-corrected chi connectivity index (χ4v) is 8.90. The van der Waals surface area contributed by atoms with Crippen molar-refractivity contribution >= 4 is 11.6 Å². The van der Waals surface area contributed by atoms with Crippen molar-refractivity contribution in [1.29, 1.82) is 0 Å². The Hall–Kier alpha value is -3.45. The van der Waals surface area contributed by atoms with Crippen LogP contribution < -0.4 is 10.2 Å². The van der Waals surface area contributed by atoms with Gasteiger partial charge in [0.15, 0.2) is 0 Å². The number of hydrogen-bond acceptors (Lipinski definition) is 5. The summed E-state index contributed by atoms with van der Waals surface area (Å²) in [5, 5.41) is 13.0. The van der Waals surface area contributed by atoms with E-state index in [0.29, 0.717) is 22.1 Å². The maximum Gasteiger partial charge on any atom is 0.251 e. The van der Waals surface area contributed by atoms with Crippen molar-refractivity contribution in [2.75, 3.05) is 37.6 Å². The highest BCUT2D eigenvalue weighted by atomic mass is 19.1. The minimum Gasteiger partial charge on any atom is -0.506 e. The van der Waals surface area contributed by atoms with Crippen molar-refractivity contribution in [3.63, 3.8) is 0 Å². The number of carbonyl (C=O) groups is 1. The van der Waals surface area contributed by atoms with Gasteiger partial charge in [0.1, 0.15) is 11.6 Å². The van der Waals surface area contributed by atoms with Gasteiger partial charge in [0.25, 0.3) is 5.91 Å². The molecule has 2 N–H and O–H groups in total. The van der Waals surface area contributed by atoms with E-state index in [2.05, 4.69) is 39.2 Å². The maximum atomic E-state index is 15.2. The van der Waals surface area contributed by atoms with E-state index in [0.717, 1.165) is 61.7 Å². The molecule has 4 aliphatic carbocycles. The summed E-state index contributed by atoms with van der Waals surface area (Å²) in [6, 6.07) is 14.8. The van der Waals surface area contributed by atoms with E-state index < -0.39 is 0 Å². The number of piperazine rings is 1. The molecule has 1 saturated heterocycles. The lowest BCUT2D eigenvalue weighted by Crippen LogP contribution is -2.51. The van der Waals surface area contributed by atoms with Crippen molar-refractivity contribution in [3.8, 4) is 16.9 Å². The van der Waals surface area contributed by atoms with Gasteiger partial charge < -0.3 is 15.3 Å². The number of nitrogens with zero attached hydrogens (tertiary/aromatic N) is 3. The Morgan fingerprint density at radius 2 is 1.62 bits per heavy atom. The molecule has 42 heavy (non-hydrogen) atoms. The lowest BCUT2D eigenvalue weighted by Gasteiger charge is -2.56. The lowest BCUT2D eigenvalue weighted by atomic mass is 9.49. The molecule has 0 radical (unpaired) electrons. The van der Waals surface area contributed by atoms with Crippen molar-refractivity contribution in [2.45, 2.75) is 51.5 Å². The second-order valence-electron chi connectivity index (χ2n) is 13.5. The molecule has 4 saturated carbocycles. The van der Waals surface area contributed by atoms with E-state index in [9.17, 15) is 9.90 Å². The predicted octanol–water partition coefficient (Wildman–Crippen LogP) is 6.42. The Balaban J connectivity index is 0.926. The van der Waals surface area contributed by atoms with Crippen LogP contribution in [0.5, 0.6) is 5.75 Å². The molecule has 1 amide bonds. The van der Waals surface area contributed by atoms with Gasteiger partial charge in [-0.05, 0) is 111 Å². The first kappa shape index (κ1) is 27.4. The van der Waals surface area contributed by atoms with Crippen LogP contribution in [0.3, 0.4) is 0 Å². The second kappa shape index (κ2) is 11.0. The molecule has 3 aromatic rings. The van der Waals surface area contributed by atoms with Crippen molar-refractivity contribution in [3.05, 3.63) is 77.9 Å². The van der Waals surface area contributed by atoms with Gasteiger partial charge >= 0.3 is 0 Å². The number of aromatic nitrogens is 1. The van der Waals surface area contributed by atoms with Crippen LogP contribution in [-0.2, 0) is 0 Å². The normalized spacial score (nSPS) is 27.7. The number of benzene rings is 2. The minimum absolute atomic E-state index is 0.0457. The fourth-order valence-electron chi connectivity index (χ4n) is 8.90. The van der Waals surface area contributed by atoms with Gasteiger partial charge in [0.05, 0.1) is 6.20 Å². The Bertz CT molecular complexity index is 1410. The summed E-state index contributed by atoms with van der Waals surface area (Å²) in [5.41, 5.74) is 4.25. The first-order valence-electron chi connectivity index (χ1n) is 15.7. The summed E-state index contributed by atoms with van der Waals surface area (Å²) in [7, 11) is 0. The van der Waals surface area contributed by atoms with Gasteiger partial charge in [-0.1, -0.05) is 12.1 Å². The van der Waals surface area contributed by atoms with E-state index in [-0.39, 0.29) is 23.5 Å². The Morgan fingerprint density at radius 3 is 2.24 bits per heavy atom. The van der Waals surface area contributed by atoms with Crippen molar-refractivity contribution in [1.82, 2.24) is 15.2 Å². The Labute approximate surface area is 248 Å². The standard InChI is InChI=1S/C35H41FN4O2/c1-23(32-7-4-28(16-33(32)36)29-15-31(41)21-37-20-29)39-8-10-40(11-9-39)30-5-2-27(3-6-30)34(42)38-22-35-17-24-12-25(18-35)14-26(13-24)19-35/h2-7,15-16,20-21,23-26,41H,8-14,17-19,22H2,1H3,(H,38,42). The van der Waals surface area contributed by atoms with Gasteiger partial charge in [-0.15, -0.1) is 0 Å².